The van der Waals surface area contributed by atoms with Crippen molar-refractivity contribution in [2.45, 2.75) is 13.5 Å². The number of benzene rings is 1. The highest BCUT2D eigenvalue weighted by atomic mass is 16.5. The summed E-state index contributed by atoms with van der Waals surface area (Å²) in [5.41, 5.74) is 2.02. The number of aromatic hydroxyl groups is 1. The first kappa shape index (κ1) is 13.9. The molecule has 0 aliphatic heterocycles. The van der Waals surface area contributed by atoms with Crippen LogP contribution >= 0.6 is 0 Å². The van der Waals surface area contributed by atoms with Crippen LogP contribution in [0.5, 0.6) is 11.6 Å². The first-order valence-electron chi connectivity index (χ1n) is 6.17. The van der Waals surface area contributed by atoms with Crippen molar-refractivity contribution in [3.8, 4) is 11.6 Å². The topological polar surface area (TPSA) is 71.5 Å². The van der Waals surface area contributed by atoms with E-state index in [1.807, 2.05) is 13.0 Å². The predicted octanol–water partition coefficient (Wildman–Crippen LogP) is 2.03. The molecule has 0 atom stereocenters. The molecule has 20 heavy (non-hydrogen) atoms. The quantitative estimate of drug-likeness (QED) is 0.893. The van der Waals surface area contributed by atoms with E-state index in [0.717, 1.165) is 11.1 Å². The zero-order valence-electron chi connectivity index (χ0n) is 11.4. The van der Waals surface area contributed by atoms with Crippen molar-refractivity contribution in [3.05, 3.63) is 53.2 Å². The van der Waals surface area contributed by atoms with Gasteiger partial charge >= 0.3 is 0 Å². The van der Waals surface area contributed by atoms with E-state index in [2.05, 4.69) is 10.3 Å². The molecule has 5 heteroatoms. The molecule has 1 heterocycles. The summed E-state index contributed by atoms with van der Waals surface area (Å²) in [6.07, 6.45) is 1.63. The van der Waals surface area contributed by atoms with Crippen LogP contribution in [0.25, 0.3) is 0 Å². The number of aryl methyl sites for hydroxylation is 1. The monoisotopic (exact) mass is 272 g/mol. The van der Waals surface area contributed by atoms with Crippen molar-refractivity contribution in [2.24, 2.45) is 0 Å². The Morgan fingerprint density at radius 3 is 2.75 bits per heavy atom. The minimum absolute atomic E-state index is 0.0182. The van der Waals surface area contributed by atoms with Crippen molar-refractivity contribution in [3.63, 3.8) is 0 Å². The Morgan fingerprint density at radius 2 is 2.15 bits per heavy atom. The highest BCUT2D eigenvalue weighted by Gasteiger charge is 2.10. The number of nitrogens with zero attached hydrogens (tertiary/aromatic N) is 1. The van der Waals surface area contributed by atoms with Crippen molar-refractivity contribution in [2.75, 3.05) is 7.11 Å². The van der Waals surface area contributed by atoms with E-state index in [0.29, 0.717) is 12.4 Å². The van der Waals surface area contributed by atoms with Gasteiger partial charge in [-0.1, -0.05) is 12.1 Å². The summed E-state index contributed by atoms with van der Waals surface area (Å²) < 4.78 is 4.96. The molecule has 1 aromatic carbocycles. The molecule has 0 unspecified atom stereocenters. The van der Waals surface area contributed by atoms with Crippen LogP contribution in [0.15, 0.2) is 36.5 Å². The number of carbonyl (C=O) groups excluding carboxylic acids is 1. The lowest BCUT2D eigenvalue weighted by Crippen LogP contribution is -2.22. The standard InChI is InChI=1S/C15H16N2O3/c1-10-3-5-12(13(18)7-10)15(19)17-9-11-4-6-14(20-2)16-8-11/h3-8,18H,9H2,1-2H3,(H,17,19). The third kappa shape index (κ3) is 3.26. The van der Waals surface area contributed by atoms with Crippen LogP contribution in [0.3, 0.4) is 0 Å². The number of pyridine rings is 1. The number of amides is 1. The molecule has 2 N–H and O–H groups in total. The maximum Gasteiger partial charge on any atom is 0.255 e. The second-order valence-corrected chi connectivity index (χ2v) is 4.41. The van der Waals surface area contributed by atoms with Gasteiger partial charge in [0.2, 0.25) is 5.88 Å². The number of nitrogens with one attached hydrogen (secondary N) is 1. The van der Waals surface area contributed by atoms with E-state index in [9.17, 15) is 9.90 Å². The third-order valence-corrected chi connectivity index (χ3v) is 2.86. The number of rotatable bonds is 4. The van der Waals surface area contributed by atoms with E-state index >= 15 is 0 Å². The van der Waals surface area contributed by atoms with Crippen LogP contribution < -0.4 is 10.1 Å². The van der Waals surface area contributed by atoms with E-state index in [1.54, 1.807) is 37.6 Å². The Kier molecular flexibility index (Phi) is 4.20. The predicted molar refractivity (Wildman–Crippen MR) is 74.8 cm³/mol. The number of phenols is 1. The number of aromatic nitrogens is 1. The molecule has 0 saturated heterocycles. The van der Waals surface area contributed by atoms with Crippen LogP contribution in [0.2, 0.25) is 0 Å². The molecule has 0 bridgehead atoms. The summed E-state index contributed by atoms with van der Waals surface area (Å²) >= 11 is 0. The lowest BCUT2D eigenvalue weighted by Gasteiger charge is -2.07. The van der Waals surface area contributed by atoms with Crippen molar-refractivity contribution in [1.29, 1.82) is 0 Å². The average molecular weight is 272 g/mol. The second-order valence-electron chi connectivity index (χ2n) is 4.41. The summed E-state index contributed by atoms with van der Waals surface area (Å²) in [5, 5.41) is 12.5. The van der Waals surface area contributed by atoms with Crippen molar-refractivity contribution >= 4 is 5.91 Å². The first-order valence-corrected chi connectivity index (χ1v) is 6.17. The molecule has 0 saturated carbocycles. The van der Waals surface area contributed by atoms with Gasteiger partial charge in [0.25, 0.3) is 5.91 Å². The molecule has 0 fully saturated rings. The zero-order chi connectivity index (χ0) is 14.5. The average Bonchev–Trinajstić information content (AvgIpc) is 2.45. The molecule has 2 aromatic rings. The van der Waals surface area contributed by atoms with Gasteiger partial charge in [0, 0.05) is 18.8 Å². The van der Waals surface area contributed by atoms with Crippen LogP contribution in [-0.2, 0) is 6.54 Å². The SMILES string of the molecule is COc1ccc(CNC(=O)c2ccc(C)cc2O)cn1. The number of carbonyl (C=O) groups is 1. The Bertz CT molecular complexity index is 609. The largest absolute Gasteiger partial charge is 0.507 e. The van der Waals surface area contributed by atoms with Gasteiger partial charge in [-0.15, -0.1) is 0 Å². The summed E-state index contributed by atoms with van der Waals surface area (Å²) in [7, 11) is 1.55. The molecule has 2 rings (SSSR count). The zero-order valence-corrected chi connectivity index (χ0v) is 11.4. The molecule has 0 aliphatic carbocycles. The fraction of sp³-hybridized carbons (Fsp3) is 0.200. The number of phenolic OH excluding ortho intramolecular Hbond substituents is 1. The van der Waals surface area contributed by atoms with Gasteiger partial charge in [-0.05, 0) is 30.2 Å². The van der Waals surface area contributed by atoms with Gasteiger partial charge < -0.3 is 15.2 Å². The highest BCUT2D eigenvalue weighted by molar-refractivity contribution is 5.96. The molecule has 104 valence electrons. The number of hydrogen-bond donors (Lipinski definition) is 2. The van der Waals surface area contributed by atoms with Gasteiger partial charge in [0.05, 0.1) is 12.7 Å². The van der Waals surface area contributed by atoms with Gasteiger partial charge in [-0.2, -0.15) is 0 Å². The molecule has 5 nitrogen and oxygen atoms in total. The lowest BCUT2D eigenvalue weighted by atomic mass is 10.1. The minimum Gasteiger partial charge on any atom is -0.507 e. The smallest absolute Gasteiger partial charge is 0.255 e. The fourth-order valence-corrected chi connectivity index (χ4v) is 1.75. The van der Waals surface area contributed by atoms with E-state index in [1.165, 1.54) is 0 Å². The van der Waals surface area contributed by atoms with Gasteiger partial charge in [-0.25, -0.2) is 4.98 Å². The molecule has 0 spiro atoms. The van der Waals surface area contributed by atoms with Crippen LogP contribution in [0, 0.1) is 6.92 Å². The first-order chi connectivity index (χ1) is 9.60. The third-order valence-electron chi connectivity index (χ3n) is 2.86. The summed E-state index contributed by atoms with van der Waals surface area (Å²) in [6, 6.07) is 8.49. The lowest BCUT2D eigenvalue weighted by molar-refractivity contribution is 0.0948. The van der Waals surface area contributed by atoms with E-state index in [-0.39, 0.29) is 17.2 Å². The maximum absolute atomic E-state index is 12.0. The Hall–Kier alpha value is -2.56. The Labute approximate surface area is 117 Å². The fourth-order valence-electron chi connectivity index (χ4n) is 1.75. The van der Waals surface area contributed by atoms with Gasteiger partial charge in [0.1, 0.15) is 5.75 Å². The number of hydrogen-bond acceptors (Lipinski definition) is 4. The summed E-state index contributed by atoms with van der Waals surface area (Å²) in [4.78, 5) is 16.0. The van der Waals surface area contributed by atoms with Crippen LogP contribution in [-0.4, -0.2) is 23.1 Å². The van der Waals surface area contributed by atoms with Crippen molar-refractivity contribution < 1.29 is 14.6 Å². The Morgan fingerprint density at radius 1 is 1.35 bits per heavy atom. The summed E-state index contributed by atoms with van der Waals surface area (Å²) in [6.45, 7) is 2.19. The van der Waals surface area contributed by atoms with Crippen molar-refractivity contribution in [1.82, 2.24) is 10.3 Å². The van der Waals surface area contributed by atoms with Crippen LogP contribution in [0.4, 0.5) is 0 Å². The number of ether oxygens (including phenoxy) is 1. The maximum atomic E-state index is 12.0. The molecule has 1 amide bonds. The second kappa shape index (κ2) is 6.06. The van der Waals surface area contributed by atoms with E-state index < -0.39 is 0 Å². The molecule has 0 radical (unpaired) electrons. The minimum atomic E-state index is -0.321. The summed E-state index contributed by atoms with van der Waals surface area (Å²) in [5.74, 6) is 0.185. The van der Waals surface area contributed by atoms with Gasteiger partial charge in [0.15, 0.2) is 0 Å². The van der Waals surface area contributed by atoms with Crippen LogP contribution in [0.1, 0.15) is 21.5 Å². The Balaban J connectivity index is 2.00. The molecule has 0 aliphatic rings. The highest BCUT2D eigenvalue weighted by Crippen LogP contribution is 2.18. The molecular weight excluding hydrogens is 256 g/mol. The van der Waals surface area contributed by atoms with Gasteiger partial charge in [-0.3, -0.25) is 4.79 Å². The molecule has 1 aromatic heterocycles. The van der Waals surface area contributed by atoms with E-state index in [4.69, 9.17) is 4.74 Å². The normalized spacial score (nSPS) is 10.1. The molecular formula is C15H16N2O3. The number of methoxy groups -OCH3 is 1.